The first-order valence-corrected chi connectivity index (χ1v) is 7.36. The van der Waals surface area contributed by atoms with Crippen LogP contribution in [0.2, 0.25) is 0 Å². The minimum Gasteiger partial charge on any atom is -0.399 e. The van der Waals surface area contributed by atoms with Crippen LogP contribution in [0.1, 0.15) is 12.8 Å². The summed E-state index contributed by atoms with van der Waals surface area (Å²) in [5.41, 5.74) is 6.50. The van der Waals surface area contributed by atoms with Gasteiger partial charge in [-0.25, -0.2) is 13.6 Å². The summed E-state index contributed by atoms with van der Waals surface area (Å²) < 4.78 is 22.6. The summed E-state index contributed by atoms with van der Waals surface area (Å²) in [5, 5.41) is 10.9. The number of sulfonamides is 1. The van der Waals surface area contributed by atoms with Crippen molar-refractivity contribution in [3.05, 3.63) is 18.2 Å². The maximum absolute atomic E-state index is 11.3. The van der Waals surface area contributed by atoms with Gasteiger partial charge in [0.2, 0.25) is 15.9 Å². The predicted octanol–water partition coefficient (Wildman–Crippen LogP) is -0.393. The average Bonchev–Trinajstić information content (AvgIpc) is 2.71. The molecule has 0 saturated carbocycles. The van der Waals surface area contributed by atoms with Crippen molar-refractivity contribution in [1.29, 1.82) is 0 Å². The number of amides is 1. The van der Waals surface area contributed by atoms with Crippen LogP contribution >= 0.6 is 0 Å². The van der Waals surface area contributed by atoms with Crippen molar-refractivity contribution in [2.75, 3.05) is 17.6 Å². The fourth-order valence-electron chi connectivity index (χ4n) is 1.96. The molecule has 2 rings (SSSR count). The number of hydrogen-bond donors (Lipinski definition) is 4. The van der Waals surface area contributed by atoms with Crippen LogP contribution in [0.5, 0.6) is 0 Å². The zero-order valence-corrected chi connectivity index (χ0v) is 11.0. The third-order valence-corrected chi connectivity index (χ3v) is 3.79. The zero-order valence-electron chi connectivity index (χ0n) is 10.2. The molecular formula is C11H16N4O3S. The Morgan fingerprint density at radius 2 is 2.11 bits per heavy atom. The molecule has 1 aromatic carbocycles. The highest BCUT2D eigenvalue weighted by Crippen LogP contribution is 2.20. The van der Waals surface area contributed by atoms with E-state index in [4.69, 9.17) is 10.9 Å². The van der Waals surface area contributed by atoms with E-state index in [9.17, 15) is 13.2 Å². The Morgan fingerprint density at radius 3 is 2.68 bits per heavy atom. The molecular weight excluding hydrogens is 268 g/mol. The first-order chi connectivity index (χ1) is 8.84. The van der Waals surface area contributed by atoms with Crippen LogP contribution in [0.4, 0.5) is 11.4 Å². The van der Waals surface area contributed by atoms with E-state index in [1.165, 1.54) is 12.1 Å². The van der Waals surface area contributed by atoms with Gasteiger partial charge < -0.3 is 16.4 Å². The van der Waals surface area contributed by atoms with Gasteiger partial charge in [-0.15, -0.1) is 0 Å². The van der Waals surface area contributed by atoms with E-state index in [-0.39, 0.29) is 16.8 Å². The van der Waals surface area contributed by atoms with E-state index in [1.807, 2.05) is 0 Å². The van der Waals surface area contributed by atoms with Crippen LogP contribution in [0.25, 0.3) is 0 Å². The van der Waals surface area contributed by atoms with Crippen LogP contribution in [0.15, 0.2) is 23.1 Å². The van der Waals surface area contributed by atoms with E-state index >= 15 is 0 Å². The summed E-state index contributed by atoms with van der Waals surface area (Å²) in [5.74, 6) is 0.0320. The van der Waals surface area contributed by atoms with Gasteiger partial charge in [0.25, 0.3) is 0 Å². The number of nitrogen functional groups attached to an aromatic ring is 1. The van der Waals surface area contributed by atoms with Crippen molar-refractivity contribution in [2.24, 2.45) is 5.14 Å². The number of carbonyl (C=O) groups is 1. The smallest absolute Gasteiger partial charge is 0.238 e. The standard InChI is InChI=1S/C11H16N4O3S/c12-7-3-9(5-10(4-7)19(13,17)18)14-6-8-1-2-11(16)15-8/h3-5,8,14H,1-2,6,12H2,(H,15,16)(H2,13,17,18). The fraction of sp³-hybridized carbons (Fsp3) is 0.364. The van der Waals surface area contributed by atoms with Crippen molar-refractivity contribution in [3.8, 4) is 0 Å². The van der Waals surface area contributed by atoms with Crippen LogP contribution < -0.4 is 21.5 Å². The number of primary sulfonamides is 1. The molecule has 1 aliphatic rings. The maximum Gasteiger partial charge on any atom is 0.238 e. The summed E-state index contributed by atoms with van der Waals surface area (Å²) in [6, 6.07) is 4.39. The van der Waals surface area contributed by atoms with E-state index in [1.54, 1.807) is 6.07 Å². The molecule has 19 heavy (non-hydrogen) atoms. The van der Waals surface area contributed by atoms with Gasteiger partial charge in [-0.2, -0.15) is 0 Å². The van der Waals surface area contributed by atoms with Gasteiger partial charge >= 0.3 is 0 Å². The summed E-state index contributed by atoms with van der Waals surface area (Å²) in [6.07, 6.45) is 1.28. The first-order valence-electron chi connectivity index (χ1n) is 5.81. The van der Waals surface area contributed by atoms with Crippen LogP contribution in [0, 0.1) is 0 Å². The lowest BCUT2D eigenvalue weighted by molar-refractivity contribution is -0.119. The quantitative estimate of drug-likeness (QED) is 0.560. The molecule has 104 valence electrons. The molecule has 0 aliphatic carbocycles. The first kappa shape index (κ1) is 13.6. The minimum absolute atomic E-state index is 0.0320. The van der Waals surface area contributed by atoms with Gasteiger partial charge in [0.05, 0.1) is 4.90 Å². The molecule has 7 nitrogen and oxygen atoms in total. The van der Waals surface area contributed by atoms with Crippen LogP contribution in [-0.4, -0.2) is 26.9 Å². The molecule has 6 N–H and O–H groups in total. The Hall–Kier alpha value is -1.80. The third kappa shape index (κ3) is 3.58. The van der Waals surface area contributed by atoms with Gasteiger partial charge in [-0.1, -0.05) is 0 Å². The molecule has 1 saturated heterocycles. The van der Waals surface area contributed by atoms with Gasteiger partial charge in [0.1, 0.15) is 0 Å². The van der Waals surface area contributed by atoms with Crippen molar-refractivity contribution in [3.63, 3.8) is 0 Å². The summed E-state index contributed by atoms with van der Waals surface area (Å²) in [7, 11) is -3.78. The van der Waals surface area contributed by atoms with E-state index < -0.39 is 10.0 Å². The minimum atomic E-state index is -3.78. The fourth-order valence-corrected chi connectivity index (χ4v) is 2.55. The van der Waals surface area contributed by atoms with E-state index in [2.05, 4.69) is 10.6 Å². The molecule has 1 fully saturated rings. The van der Waals surface area contributed by atoms with Crippen molar-refractivity contribution in [1.82, 2.24) is 5.32 Å². The molecule has 1 atom stereocenters. The highest BCUT2D eigenvalue weighted by Gasteiger charge is 2.20. The average molecular weight is 284 g/mol. The normalized spacial score (nSPS) is 19.2. The van der Waals surface area contributed by atoms with Gasteiger partial charge in [0, 0.05) is 30.4 Å². The Morgan fingerprint density at radius 1 is 1.37 bits per heavy atom. The van der Waals surface area contributed by atoms with Crippen LogP contribution in [0.3, 0.4) is 0 Å². The number of benzene rings is 1. The molecule has 0 aromatic heterocycles. The second-order valence-electron chi connectivity index (χ2n) is 4.52. The van der Waals surface area contributed by atoms with E-state index in [0.717, 1.165) is 6.42 Å². The summed E-state index contributed by atoms with van der Waals surface area (Å²) >= 11 is 0. The highest BCUT2D eigenvalue weighted by molar-refractivity contribution is 7.89. The molecule has 0 spiro atoms. The molecule has 0 bridgehead atoms. The zero-order chi connectivity index (χ0) is 14.0. The van der Waals surface area contributed by atoms with Crippen molar-refractivity contribution >= 4 is 27.3 Å². The lowest BCUT2D eigenvalue weighted by Gasteiger charge is -2.13. The van der Waals surface area contributed by atoms with Gasteiger partial charge in [-0.3, -0.25) is 4.79 Å². The number of hydrogen-bond acceptors (Lipinski definition) is 5. The molecule has 8 heteroatoms. The molecule has 1 amide bonds. The molecule has 0 radical (unpaired) electrons. The van der Waals surface area contributed by atoms with E-state index in [0.29, 0.717) is 24.3 Å². The summed E-state index contributed by atoms with van der Waals surface area (Å²) in [4.78, 5) is 11.0. The summed E-state index contributed by atoms with van der Waals surface area (Å²) in [6.45, 7) is 0.513. The Labute approximate surface area is 111 Å². The van der Waals surface area contributed by atoms with Gasteiger partial charge in [-0.05, 0) is 24.6 Å². The van der Waals surface area contributed by atoms with Gasteiger partial charge in [0.15, 0.2) is 0 Å². The molecule has 1 heterocycles. The SMILES string of the molecule is Nc1cc(NCC2CCC(=O)N2)cc(S(N)(=O)=O)c1. The maximum atomic E-state index is 11.3. The Bertz CT molecular complexity index is 600. The molecule has 1 aliphatic heterocycles. The Balaban J connectivity index is 2.08. The van der Waals surface area contributed by atoms with Crippen molar-refractivity contribution in [2.45, 2.75) is 23.8 Å². The second-order valence-corrected chi connectivity index (χ2v) is 6.08. The number of rotatable bonds is 4. The number of anilines is 2. The third-order valence-electron chi connectivity index (χ3n) is 2.89. The predicted molar refractivity (Wildman–Crippen MR) is 71.9 cm³/mol. The second kappa shape index (κ2) is 5.06. The highest BCUT2D eigenvalue weighted by atomic mass is 32.2. The number of carbonyl (C=O) groups excluding carboxylic acids is 1. The molecule has 1 aromatic rings. The number of nitrogens with two attached hydrogens (primary N) is 2. The lowest BCUT2D eigenvalue weighted by Crippen LogP contribution is -2.31. The van der Waals surface area contributed by atoms with Crippen molar-refractivity contribution < 1.29 is 13.2 Å². The van der Waals surface area contributed by atoms with Crippen LogP contribution in [-0.2, 0) is 14.8 Å². The lowest BCUT2D eigenvalue weighted by atomic mass is 10.2. The monoisotopic (exact) mass is 284 g/mol. The molecule has 1 unspecified atom stereocenters. The Kier molecular flexibility index (Phi) is 3.63. The topological polar surface area (TPSA) is 127 Å². The number of nitrogens with one attached hydrogen (secondary N) is 2. The largest absolute Gasteiger partial charge is 0.399 e.